The molecule has 0 aromatic heterocycles. The number of aliphatic hydroxyl groups excluding tert-OH is 1. The Morgan fingerprint density at radius 3 is 2.84 bits per heavy atom. The first-order valence-corrected chi connectivity index (χ1v) is 6.23. The van der Waals surface area contributed by atoms with Crippen LogP contribution >= 0.6 is 11.6 Å². The van der Waals surface area contributed by atoms with E-state index in [4.69, 9.17) is 16.3 Å². The Labute approximate surface area is 116 Å². The van der Waals surface area contributed by atoms with Gasteiger partial charge >= 0.3 is 0 Å². The standard InChI is InChI=1S/C13H17ClFNO3/c1-8(7-19-2)13(18)16-6-12(17)9-3-4-10(14)11(15)5-9/h3-5,8,12,17H,6-7H2,1-2H3,(H,16,18). The van der Waals surface area contributed by atoms with Gasteiger partial charge < -0.3 is 15.2 Å². The molecule has 0 saturated carbocycles. The molecule has 1 aromatic carbocycles. The van der Waals surface area contributed by atoms with E-state index in [2.05, 4.69) is 5.32 Å². The minimum absolute atomic E-state index is 0.00583. The summed E-state index contributed by atoms with van der Waals surface area (Å²) in [6.07, 6.45) is -0.981. The minimum Gasteiger partial charge on any atom is -0.387 e. The zero-order chi connectivity index (χ0) is 14.4. The van der Waals surface area contributed by atoms with Crippen LogP contribution in [0.1, 0.15) is 18.6 Å². The highest BCUT2D eigenvalue weighted by atomic mass is 35.5. The maximum absolute atomic E-state index is 13.2. The molecule has 0 fully saturated rings. The molecule has 0 heterocycles. The molecular formula is C13H17ClFNO3. The van der Waals surface area contributed by atoms with E-state index in [0.29, 0.717) is 12.2 Å². The highest BCUT2D eigenvalue weighted by Crippen LogP contribution is 2.19. The second-order valence-electron chi connectivity index (χ2n) is 4.29. The highest BCUT2D eigenvalue weighted by molar-refractivity contribution is 6.30. The number of ether oxygens (including phenoxy) is 1. The van der Waals surface area contributed by atoms with Crippen molar-refractivity contribution in [2.75, 3.05) is 20.3 Å². The third-order valence-corrected chi connectivity index (χ3v) is 2.97. The van der Waals surface area contributed by atoms with Gasteiger partial charge in [-0.2, -0.15) is 0 Å². The molecule has 0 aliphatic heterocycles. The van der Waals surface area contributed by atoms with Gasteiger partial charge in [0.1, 0.15) is 5.82 Å². The van der Waals surface area contributed by atoms with Crippen LogP contribution in [0.25, 0.3) is 0 Å². The number of halogens is 2. The van der Waals surface area contributed by atoms with E-state index in [1.54, 1.807) is 6.92 Å². The number of aliphatic hydroxyl groups is 1. The van der Waals surface area contributed by atoms with Crippen LogP contribution in [-0.2, 0) is 9.53 Å². The van der Waals surface area contributed by atoms with E-state index in [1.807, 2.05) is 0 Å². The van der Waals surface area contributed by atoms with Crippen LogP contribution in [-0.4, -0.2) is 31.3 Å². The third kappa shape index (κ3) is 4.78. The van der Waals surface area contributed by atoms with Crippen molar-refractivity contribution in [3.05, 3.63) is 34.6 Å². The zero-order valence-corrected chi connectivity index (χ0v) is 11.6. The lowest BCUT2D eigenvalue weighted by Crippen LogP contribution is -2.34. The van der Waals surface area contributed by atoms with Gasteiger partial charge in [-0.25, -0.2) is 4.39 Å². The number of nitrogens with one attached hydrogen (secondary N) is 1. The average Bonchev–Trinajstić information content (AvgIpc) is 2.39. The molecule has 0 radical (unpaired) electrons. The van der Waals surface area contributed by atoms with Crippen molar-refractivity contribution in [2.45, 2.75) is 13.0 Å². The summed E-state index contributed by atoms with van der Waals surface area (Å²) >= 11 is 5.55. The van der Waals surface area contributed by atoms with Crippen LogP contribution < -0.4 is 5.32 Å². The molecule has 2 atom stereocenters. The Morgan fingerprint density at radius 1 is 1.58 bits per heavy atom. The molecule has 0 spiro atoms. The number of methoxy groups -OCH3 is 1. The SMILES string of the molecule is COCC(C)C(=O)NCC(O)c1ccc(Cl)c(F)c1. The smallest absolute Gasteiger partial charge is 0.225 e. The maximum atomic E-state index is 13.2. The molecular weight excluding hydrogens is 273 g/mol. The fourth-order valence-corrected chi connectivity index (χ4v) is 1.65. The molecule has 1 rings (SSSR count). The Kier molecular flexibility index (Phi) is 6.21. The fourth-order valence-electron chi connectivity index (χ4n) is 1.53. The van der Waals surface area contributed by atoms with E-state index >= 15 is 0 Å². The molecule has 19 heavy (non-hydrogen) atoms. The summed E-state index contributed by atoms with van der Waals surface area (Å²) in [6.45, 7) is 2.03. The number of hydrogen-bond acceptors (Lipinski definition) is 3. The van der Waals surface area contributed by atoms with Crippen LogP contribution in [0, 0.1) is 11.7 Å². The normalized spacial score (nSPS) is 13.9. The van der Waals surface area contributed by atoms with Gasteiger partial charge in [0.25, 0.3) is 0 Å². The van der Waals surface area contributed by atoms with Crippen molar-refractivity contribution >= 4 is 17.5 Å². The number of benzene rings is 1. The molecule has 1 aromatic rings. The van der Waals surface area contributed by atoms with Crippen LogP contribution in [0.4, 0.5) is 4.39 Å². The Bertz CT molecular complexity index is 442. The van der Waals surface area contributed by atoms with E-state index in [0.717, 1.165) is 6.07 Å². The van der Waals surface area contributed by atoms with Gasteiger partial charge in [-0.1, -0.05) is 24.6 Å². The van der Waals surface area contributed by atoms with E-state index in [-0.39, 0.29) is 23.4 Å². The topological polar surface area (TPSA) is 58.6 Å². The Balaban J connectivity index is 2.53. The van der Waals surface area contributed by atoms with Gasteiger partial charge in [-0.05, 0) is 17.7 Å². The molecule has 0 aliphatic carbocycles. The van der Waals surface area contributed by atoms with Crippen molar-refractivity contribution in [1.82, 2.24) is 5.32 Å². The van der Waals surface area contributed by atoms with E-state index < -0.39 is 11.9 Å². The number of carbonyl (C=O) groups is 1. The summed E-state index contributed by atoms with van der Waals surface area (Å²) in [7, 11) is 1.51. The van der Waals surface area contributed by atoms with Gasteiger partial charge in [0, 0.05) is 13.7 Å². The van der Waals surface area contributed by atoms with Crippen molar-refractivity contribution in [1.29, 1.82) is 0 Å². The molecule has 0 saturated heterocycles. The molecule has 6 heteroatoms. The van der Waals surface area contributed by atoms with Crippen LogP contribution in [0.15, 0.2) is 18.2 Å². The van der Waals surface area contributed by atoms with Gasteiger partial charge in [0.15, 0.2) is 0 Å². The number of rotatable bonds is 6. The summed E-state index contributed by atoms with van der Waals surface area (Å²) < 4.78 is 18.1. The number of amides is 1. The fraction of sp³-hybridized carbons (Fsp3) is 0.462. The van der Waals surface area contributed by atoms with Gasteiger partial charge in [-0.15, -0.1) is 0 Å². The quantitative estimate of drug-likeness (QED) is 0.841. The second kappa shape index (κ2) is 7.43. The molecule has 0 aliphatic rings. The highest BCUT2D eigenvalue weighted by Gasteiger charge is 2.15. The third-order valence-electron chi connectivity index (χ3n) is 2.66. The zero-order valence-electron chi connectivity index (χ0n) is 10.8. The van der Waals surface area contributed by atoms with Crippen molar-refractivity contribution in [3.8, 4) is 0 Å². The van der Waals surface area contributed by atoms with Crippen molar-refractivity contribution in [2.24, 2.45) is 5.92 Å². The molecule has 2 unspecified atom stereocenters. The lowest BCUT2D eigenvalue weighted by Gasteiger charge is -2.15. The first-order valence-electron chi connectivity index (χ1n) is 5.85. The van der Waals surface area contributed by atoms with Crippen LogP contribution in [0.3, 0.4) is 0 Å². The van der Waals surface area contributed by atoms with Crippen molar-refractivity contribution < 1.29 is 19.0 Å². The first-order chi connectivity index (χ1) is 8.95. The minimum atomic E-state index is -0.981. The maximum Gasteiger partial charge on any atom is 0.225 e. The van der Waals surface area contributed by atoms with Crippen LogP contribution in [0.2, 0.25) is 5.02 Å². The van der Waals surface area contributed by atoms with E-state index in [9.17, 15) is 14.3 Å². The number of hydrogen-bond donors (Lipinski definition) is 2. The Hall–Kier alpha value is -1.17. The molecule has 2 N–H and O–H groups in total. The average molecular weight is 290 g/mol. The second-order valence-corrected chi connectivity index (χ2v) is 4.70. The summed E-state index contributed by atoms with van der Waals surface area (Å²) in [4.78, 5) is 11.6. The lowest BCUT2D eigenvalue weighted by atomic mass is 10.1. The van der Waals surface area contributed by atoms with Crippen LogP contribution in [0.5, 0.6) is 0 Å². The largest absolute Gasteiger partial charge is 0.387 e. The predicted molar refractivity (Wildman–Crippen MR) is 70.4 cm³/mol. The summed E-state index contributed by atoms with van der Waals surface area (Å²) in [5.41, 5.74) is 0.363. The summed E-state index contributed by atoms with van der Waals surface area (Å²) in [5, 5.41) is 12.4. The first kappa shape index (κ1) is 15.9. The lowest BCUT2D eigenvalue weighted by molar-refractivity contribution is -0.126. The van der Waals surface area contributed by atoms with Gasteiger partial charge in [0.05, 0.1) is 23.7 Å². The van der Waals surface area contributed by atoms with Gasteiger partial charge in [-0.3, -0.25) is 4.79 Å². The molecule has 1 amide bonds. The monoisotopic (exact) mass is 289 g/mol. The molecule has 106 valence electrons. The van der Waals surface area contributed by atoms with Gasteiger partial charge in [0.2, 0.25) is 5.91 Å². The summed E-state index contributed by atoms with van der Waals surface area (Å²) in [5.74, 6) is -1.13. The molecule has 0 bridgehead atoms. The van der Waals surface area contributed by atoms with Crippen molar-refractivity contribution in [3.63, 3.8) is 0 Å². The molecule has 4 nitrogen and oxygen atoms in total. The van der Waals surface area contributed by atoms with E-state index in [1.165, 1.54) is 19.2 Å². The Morgan fingerprint density at radius 2 is 2.26 bits per heavy atom. The summed E-state index contributed by atoms with van der Waals surface area (Å²) in [6, 6.07) is 4.03. The predicted octanol–water partition coefficient (Wildman–Crippen LogP) is 1.91. The number of carbonyl (C=O) groups excluding carboxylic acids is 1.